The van der Waals surface area contributed by atoms with Crippen LogP contribution < -0.4 is 41.4 Å². The van der Waals surface area contributed by atoms with E-state index in [9.17, 15) is 27.9 Å². The number of hydrogen-bond donors (Lipinski definition) is 3. The second-order valence-electron chi connectivity index (χ2n) is 10.9. The Morgan fingerprint density at radius 2 is 1.10 bits per heavy atom. The number of aliphatic hydroxyl groups is 1. The van der Waals surface area contributed by atoms with Gasteiger partial charge >= 0.3 is 29.0 Å². The summed E-state index contributed by atoms with van der Waals surface area (Å²) in [6, 6.07) is 12.7. The number of Topliss-reactive ketones (excluding diaryl/α,β-unsaturated/α-hetero) is 1. The number of ketones is 1. The number of pyridine rings is 4. The van der Waals surface area contributed by atoms with Crippen LogP contribution >= 0.6 is 12.4 Å². The predicted molar refractivity (Wildman–Crippen MR) is 225 cm³/mol. The summed E-state index contributed by atoms with van der Waals surface area (Å²) >= 11 is 0. The molecule has 0 fully saturated rings. The van der Waals surface area contributed by atoms with Crippen molar-refractivity contribution < 1.29 is 82.8 Å². The second kappa shape index (κ2) is 35.3. The van der Waals surface area contributed by atoms with Gasteiger partial charge in [0.05, 0.1) is 66.6 Å². The first-order valence-corrected chi connectivity index (χ1v) is 18.0. The van der Waals surface area contributed by atoms with Crippen molar-refractivity contribution in [2.45, 2.75) is 19.4 Å². The van der Waals surface area contributed by atoms with E-state index in [0.717, 1.165) is 11.3 Å². The monoisotopic (exact) mass is 976 g/mol. The van der Waals surface area contributed by atoms with Gasteiger partial charge < -0.3 is 58.4 Å². The Hall–Kier alpha value is -4.30. The van der Waals surface area contributed by atoms with Crippen LogP contribution in [0.1, 0.15) is 50.5 Å². The molecule has 0 saturated carbocycles. The number of aromatic carboxylic acids is 1. The van der Waals surface area contributed by atoms with Crippen molar-refractivity contribution in [2.24, 2.45) is 0 Å². The number of hydrogen-bond acceptors (Lipinski definition) is 18. The minimum atomic E-state index is -3.58. The van der Waals surface area contributed by atoms with Crippen LogP contribution in [0.15, 0.2) is 73.3 Å². The number of carbonyl (C=O) groups is 3. The van der Waals surface area contributed by atoms with Crippen molar-refractivity contribution in [3.63, 3.8) is 0 Å². The van der Waals surface area contributed by atoms with E-state index < -0.39 is 21.7 Å². The standard InChI is InChI=1S/C10H15NO5S.C9H12N2O3.C8H9NO2.C7H7NO3.C2H7NO.CH3.BrH.ClH.Mg/c1-10(12,7-16-17(3,13)14)8-4-5-9(15-2)11-6-8;1-11(14-3)9(12)7-4-5-8(13-2)10-6-7;1-6(10)7-3-4-8(11-2)9-5-7;1-11-6-3-2-5(4-8-6)7(9)10;1-3-4-2;;;;/h4-6,12H,7H2,1-3H3;4-6H,1-3H3;3-5H,1-2H3;2-4H,1H3,(H,9,10);3H,1-2H3;1H3;2*1H;/q;;;;;-1;;;+2/p-1/t10-;;;;;;;;/m1......../s1. The number of aromatic nitrogens is 4. The first-order chi connectivity index (χ1) is 26.8. The molecule has 61 heavy (non-hydrogen) atoms. The fourth-order valence-electron chi connectivity index (χ4n) is 3.35. The summed E-state index contributed by atoms with van der Waals surface area (Å²) in [6.45, 7) is 2.59. The van der Waals surface area contributed by atoms with Gasteiger partial charge in [-0.2, -0.15) is 8.42 Å². The average molecular weight is 979 g/mol. The molecule has 0 aliphatic rings. The number of nitrogens with one attached hydrogen (secondary N) is 1. The van der Waals surface area contributed by atoms with Crippen LogP contribution in [0.5, 0.6) is 23.5 Å². The van der Waals surface area contributed by atoms with Gasteiger partial charge in [-0.05, 0) is 38.1 Å². The number of carboxylic acids is 1. The van der Waals surface area contributed by atoms with Gasteiger partial charge in [0.2, 0.25) is 23.5 Å². The normalized spacial score (nSPS) is 10.3. The number of ether oxygens (including phenoxy) is 4. The smallest absolute Gasteiger partial charge is 1.00 e. The van der Waals surface area contributed by atoms with E-state index in [1.165, 1.54) is 93.4 Å². The van der Waals surface area contributed by atoms with E-state index in [4.69, 9.17) is 28.9 Å². The maximum Gasteiger partial charge on any atom is 2.00 e. The molecular weight excluding hydrogens is 924 g/mol. The van der Waals surface area contributed by atoms with Crippen LogP contribution in [-0.2, 0) is 29.6 Å². The van der Waals surface area contributed by atoms with Crippen molar-refractivity contribution in [3.05, 3.63) is 103 Å². The maximum atomic E-state index is 11.5. The van der Waals surface area contributed by atoms with Crippen LogP contribution in [-0.4, -0.2) is 154 Å². The van der Waals surface area contributed by atoms with Gasteiger partial charge in [-0.15, -0.1) is 12.4 Å². The summed E-state index contributed by atoms with van der Waals surface area (Å²) in [5.41, 5.74) is 2.66. The van der Waals surface area contributed by atoms with Gasteiger partial charge in [0.25, 0.3) is 16.0 Å². The second-order valence-corrected chi connectivity index (χ2v) is 12.5. The molecule has 0 saturated heterocycles. The van der Waals surface area contributed by atoms with E-state index in [1.807, 2.05) is 0 Å². The van der Waals surface area contributed by atoms with E-state index in [2.05, 4.69) is 34.4 Å². The van der Waals surface area contributed by atoms with E-state index in [0.29, 0.717) is 40.2 Å². The predicted octanol–water partition coefficient (Wildman–Crippen LogP) is 0.341. The molecule has 1 atom stereocenters. The Morgan fingerprint density at radius 1 is 0.738 bits per heavy atom. The van der Waals surface area contributed by atoms with Crippen LogP contribution in [0.4, 0.5) is 0 Å². The molecule has 0 aliphatic heterocycles. The molecule has 24 heteroatoms. The molecule has 0 radical (unpaired) electrons. The minimum absolute atomic E-state index is 0. The molecular formula is C37H54BrClMgN6O14S. The fraction of sp³-hybridized carbons (Fsp3) is 0.351. The molecule has 338 valence electrons. The summed E-state index contributed by atoms with van der Waals surface area (Å²) in [7, 11) is 8.66. The SMILES string of the molecule is CNOC.COc1ccc(C(=O)N(C)OC)cn1.COc1ccc(C(=O)O)cn1.COc1ccc(C(C)=O)cn1.COc1ccc([C@](C)(O)COS(C)(=O)=O)cn1.Cl.[Br-].[CH3-].[Mg+2]. The number of halogens is 2. The van der Waals surface area contributed by atoms with Crippen molar-refractivity contribution in [2.75, 3.05) is 69.6 Å². The Bertz CT molecular complexity index is 1830. The Balaban J connectivity index is -0.000000220. The molecule has 4 rings (SSSR count). The first kappa shape index (κ1) is 65.8. The van der Waals surface area contributed by atoms with E-state index in [1.54, 1.807) is 50.6 Å². The quantitative estimate of drug-likeness (QED) is 0.0537. The molecule has 0 spiro atoms. The Morgan fingerprint density at radius 3 is 1.36 bits per heavy atom. The van der Waals surface area contributed by atoms with Gasteiger partial charge in [-0.25, -0.2) is 35.3 Å². The molecule has 3 N–H and O–H groups in total. The number of hydroxylamine groups is 3. The zero-order valence-electron chi connectivity index (χ0n) is 36.1. The van der Waals surface area contributed by atoms with Gasteiger partial charge in [0.1, 0.15) is 5.60 Å². The van der Waals surface area contributed by atoms with Gasteiger partial charge in [0, 0.05) is 74.3 Å². The molecule has 20 nitrogen and oxygen atoms in total. The zero-order valence-corrected chi connectivity index (χ0v) is 40.7. The van der Waals surface area contributed by atoms with Crippen LogP contribution in [0, 0.1) is 7.43 Å². The van der Waals surface area contributed by atoms with Gasteiger partial charge in [0.15, 0.2) is 5.78 Å². The van der Waals surface area contributed by atoms with Crippen molar-refractivity contribution in [3.8, 4) is 23.5 Å². The van der Waals surface area contributed by atoms with Gasteiger partial charge in [-0.1, -0.05) is 0 Å². The van der Waals surface area contributed by atoms with E-state index in [-0.39, 0.29) is 83.7 Å². The Labute approximate surface area is 390 Å². The fourth-order valence-corrected chi connectivity index (χ4v) is 3.80. The summed E-state index contributed by atoms with van der Waals surface area (Å²) in [5, 5.41) is 19.6. The van der Waals surface area contributed by atoms with Crippen molar-refractivity contribution in [1.82, 2.24) is 30.5 Å². The average Bonchev–Trinajstić information content (AvgIpc) is 3.23. The molecule has 0 aliphatic carbocycles. The number of methoxy groups -OCH3 is 4. The number of rotatable bonds is 13. The zero-order chi connectivity index (χ0) is 43.6. The third kappa shape index (κ3) is 28.0. The third-order valence-corrected chi connectivity index (χ3v) is 7.17. The maximum absolute atomic E-state index is 11.5. The van der Waals surface area contributed by atoms with Crippen LogP contribution in [0.3, 0.4) is 0 Å². The molecule has 4 heterocycles. The largest absolute Gasteiger partial charge is 2.00 e. The summed E-state index contributed by atoms with van der Waals surface area (Å²) in [5.74, 6) is 0.600. The van der Waals surface area contributed by atoms with E-state index >= 15 is 0 Å². The molecule has 4 aromatic rings. The van der Waals surface area contributed by atoms with Gasteiger partial charge in [-0.3, -0.25) is 18.6 Å². The number of nitrogens with zero attached hydrogens (tertiary/aromatic N) is 5. The molecule has 1 amide bonds. The van der Waals surface area contributed by atoms with Crippen LogP contribution in [0.2, 0.25) is 0 Å². The molecule has 4 aromatic heterocycles. The number of carbonyl (C=O) groups excluding carboxylic acids is 2. The Kier molecular flexibility index (Phi) is 38.1. The van der Waals surface area contributed by atoms with Crippen LogP contribution in [0.25, 0.3) is 0 Å². The minimum Gasteiger partial charge on any atom is -1.00 e. The summed E-state index contributed by atoms with van der Waals surface area (Å²) in [4.78, 5) is 57.0. The topological polar surface area (TPSA) is 257 Å². The van der Waals surface area contributed by atoms with Crippen molar-refractivity contribution >= 4 is 63.2 Å². The molecule has 0 unspecified atom stereocenters. The molecule has 0 aromatic carbocycles. The third-order valence-electron chi connectivity index (χ3n) is 6.62. The number of amides is 1. The summed E-state index contributed by atoms with van der Waals surface area (Å²) < 4.78 is 45.6. The molecule has 0 bridgehead atoms. The summed E-state index contributed by atoms with van der Waals surface area (Å²) in [6.07, 6.45) is 6.53. The van der Waals surface area contributed by atoms with Crippen molar-refractivity contribution in [1.29, 1.82) is 0 Å². The first-order valence-electron chi connectivity index (χ1n) is 16.2. The number of carboxylic acid groups (broad SMARTS) is 1.